The lowest BCUT2D eigenvalue weighted by atomic mass is 10.2. The van der Waals surface area contributed by atoms with Crippen molar-refractivity contribution in [2.24, 2.45) is 0 Å². The second-order valence-electron chi connectivity index (χ2n) is 4.47. The van der Waals surface area contributed by atoms with E-state index in [0.717, 1.165) is 22.9 Å². The summed E-state index contributed by atoms with van der Waals surface area (Å²) in [5.41, 5.74) is 0.766. The Labute approximate surface area is 116 Å². The van der Waals surface area contributed by atoms with Crippen LogP contribution >= 0.6 is 15.9 Å². The molecule has 0 saturated carbocycles. The Balaban J connectivity index is 2.14. The van der Waals surface area contributed by atoms with Gasteiger partial charge in [-0.3, -0.25) is 0 Å². The van der Waals surface area contributed by atoms with Crippen molar-refractivity contribution in [3.8, 4) is 0 Å². The maximum absolute atomic E-state index is 12.3. The molecular formula is C12H16BrNO3S. The van der Waals surface area contributed by atoms with Gasteiger partial charge in [-0.1, -0.05) is 28.1 Å². The molecule has 1 aliphatic heterocycles. The molecule has 1 aromatic rings. The first-order valence-electron chi connectivity index (χ1n) is 5.88. The molecule has 0 unspecified atom stereocenters. The van der Waals surface area contributed by atoms with Gasteiger partial charge in [-0.15, -0.1) is 0 Å². The van der Waals surface area contributed by atoms with Crippen LogP contribution in [0.5, 0.6) is 0 Å². The third kappa shape index (κ3) is 3.12. The molecule has 0 spiro atoms. The Hall–Kier alpha value is -0.430. The van der Waals surface area contributed by atoms with Crippen molar-refractivity contribution in [2.75, 3.05) is 13.2 Å². The predicted octanol–water partition coefficient (Wildman–Crippen LogP) is 1.74. The number of aliphatic hydroxyl groups excluding tert-OH is 1. The largest absolute Gasteiger partial charge is 0.395 e. The van der Waals surface area contributed by atoms with Crippen LogP contribution < -0.4 is 0 Å². The number of rotatable bonds is 4. The van der Waals surface area contributed by atoms with E-state index in [1.807, 2.05) is 12.1 Å². The van der Waals surface area contributed by atoms with Crippen LogP contribution in [0.15, 0.2) is 28.7 Å². The SMILES string of the molecule is O=S(=O)(Cc1ccc(Br)cc1)N1CCC[C@H]1CO. The van der Waals surface area contributed by atoms with E-state index in [9.17, 15) is 13.5 Å². The van der Waals surface area contributed by atoms with Crippen molar-refractivity contribution in [1.82, 2.24) is 4.31 Å². The number of aliphatic hydroxyl groups is 1. The monoisotopic (exact) mass is 333 g/mol. The summed E-state index contributed by atoms with van der Waals surface area (Å²) >= 11 is 3.32. The third-order valence-electron chi connectivity index (χ3n) is 3.15. The molecule has 0 aliphatic carbocycles. The highest BCUT2D eigenvalue weighted by molar-refractivity contribution is 9.10. The summed E-state index contributed by atoms with van der Waals surface area (Å²) in [6.45, 7) is 0.420. The lowest BCUT2D eigenvalue weighted by molar-refractivity contribution is 0.213. The van der Waals surface area contributed by atoms with Crippen LogP contribution in [0.4, 0.5) is 0 Å². The predicted molar refractivity (Wildman–Crippen MR) is 73.6 cm³/mol. The fourth-order valence-electron chi connectivity index (χ4n) is 2.23. The van der Waals surface area contributed by atoms with Crippen molar-refractivity contribution in [2.45, 2.75) is 24.6 Å². The number of halogens is 1. The van der Waals surface area contributed by atoms with Gasteiger partial charge >= 0.3 is 0 Å². The van der Waals surface area contributed by atoms with E-state index in [-0.39, 0.29) is 18.4 Å². The molecule has 1 saturated heterocycles. The van der Waals surface area contributed by atoms with Crippen molar-refractivity contribution in [1.29, 1.82) is 0 Å². The van der Waals surface area contributed by atoms with Crippen LogP contribution in [0.25, 0.3) is 0 Å². The van der Waals surface area contributed by atoms with Crippen molar-refractivity contribution < 1.29 is 13.5 Å². The maximum Gasteiger partial charge on any atom is 0.218 e. The molecular weight excluding hydrogens is 318 g/mol. The Morgan fingerprint density at radius 2 is 2.00 bits per heavy atom. The van der Waals surface area contributed by atoms with E-state index in [1.165, 1.54) is 4.31 Å². The van der Waals surface area contributed by atoms with Gasteiger partial charge in [0, 0.05) is 17.1 Å². The molecule has 1 fully saturated rings. The Morgan fingerprint density at radius 3 is 2.61 bits per heavy atom. The molecule has 4 nitrogen and oxygen atoms in total. The zero-order chi connectivity index (χ0) is 13.2. The highest BCUT2D eigenvalue weighted by Crippen LogP contribution is 2.23. The van der Waals surface area contributed by atoms with Gasteiger partial charge in [0.15, 0.2) is 0 Å². The fourth-order valence-corrected chi connectivity index (χ4v) is 4.31. The second-order valence-corrected chi connectivity index (χ2v) is 7.31. The summed E-state index contributed by atoms with van der Waals surface area (Å²) in [4.78, 5) is 0. The van der Waals surface area contributed by atoms with Crippen LogP contribution in [-0.2, 0) is 15.8 Å². The number of sulfonamides is 1. The molecule has 1 heterocycles. The van der Waals surface area contributed by atoms with E-state index >= 15 is 0 Å². The summed E-state index contributed by atoms with van der Waals surface area (Å²) < 4.78 is 26.9. The van der Waals surface area contributed by atoms with Gasteiger partial charge in [-0.2, -0.15) is 4.31 Å². The summed E-state index contributed by atoms with van der Waals surface area (Å²) in [5.74, 6) is -0.00319. The molecule has 100 valence electrons. The van der Waals surface area contributed by atoms with Crippen LogP contribution in [0.2, 0.25) is 0 Å². The molecule has 0 bridgehead atoms. The molecule has 0 radical (unpaired) electrons. The quantitative estimate of drug-likeness (QED) is 0.912. The van der Waals surface area contributed by atoms with E-state index < -0.39 is 10.0 Å². The number of hydrogen-bond acceptors (Lipinski definition) is 3. The minimum atomic E-state index is -3.33. The standard InChI is InChI=1S/C12H16BrNO3S/c13-11-5-3-10(4-6-11)9-18(16,17)14-7-1-2-12(14)8-15/h3-6,12,15H,1-2,7-9H2/t12-/m0/s1. The highest BCUT2D eigenvalue weighted by atomic mass is 79.9. The average Bonchev–Trinajstić information content (AvgIpc) is 2.81. The molecule has 1 aromatic carbocycles. The van der Waals surface area contributed by atoms with E-state index in [1.54, 1.807) is 12.1 Å². The van der Waals surface area contributed by atoms with Gasteiger partial charge in [-0.25, -0.2) is 8.42 Å². The first-order valence-corrected chi connectivity index (χ1v) is 8.28. The van der Waals surface area contributed by atoms with Crippen molar-refractivity contribution in [3.63, 3.8) is 0 Å². The average molecular weight is 334 g/mol. The van der Waals surface area contributed by atoms with Gasteiger partial charge in [0.05, 0.1) is 12.4 Å². The van der Waals surface area contributed by atoms with Crippen LogP contribution in [0.1, 0.15) is 18.4 Å². The van der Waals surface area contributed by atoms with Crippen molar-refractivity contribution >= 4 is 26.0 Å². The Bertz CT molecular complexity index is 501. The first kappa shape index (κ1) is 14.0. The molecule has 2 rings (SSSR count). The van der Waals surface area contributed by atoms with E-state index in [2.05, 4.69) is 15.9 Å². The third-order valence-corrected chi connectivity index (χ3v) is 5.58. The lowest BCUT2D eigenvalue weighted by Crippen LogP contribution is -2.38. The van der Waals surface area contributed by atoms with Crippen molar-refractivity contribution in [3.05, 3.63) is 34.3 Å². The zero-order valence-electron chi connectivity index (χ0n) is 9.92. The smallest absolute Gasteiger partial charge is 0.218 e. The molecule has 1 atom stereocenters. The first-order chi connectivity index (χ1) is 8.53. The number of benzene rings is 1. The molecule has 0 aromatic heterocycles. The zero-order valence-corrected chi connectivity index (χ0v) is 12.3. The normalized spacial score (nSPS) is 21.3. The minimum absolute atomic E-state index is 0.00319. The lowest BCUT2D eigenvalue weighted by Gasteiger charge is -2.22. The van der Waals surface area contributed by atoms with Gasteiger partial charge in [0.25, 0.3) is 0 Å². The minimum Gasteiger partial charge on any atom is -0.395 e. The topological polar surface area (TPSA) is 57.6 Å². The van der Waals surface area contributed by atoms with Crippen LogP contribution in [-0.4, -0.2) is 37.0 Å². The summed E-state index contributed by atoms with van der Waals surface area (Å²) in [6.07, 6.45) is 1.57. The molecule has 0 amide bonds. The Kier molecular flexibility index (Phi) is 4.42. The van der Waals surface area contributed by atoms with Crippen LogP contribution in [0, 0.1) is 0 Å². The van der Waals surface area contributed by atoms with E-state index in [0.29, 0.717) is 6.54 Å². The van der Waals surface area contributed by atoms with Gasteiger partial charge in [0.2, 0.25) is 10.0 Å². The molecule has 1 aliphatic rings. The highest BCUT2D eigenvalue weighted by Gasteiger charge is 2.33. The second kappa shape index (κ2) is 5.69. The van der Waals surface area contributed by atoms with E-state index in [4.69, 9.17) is 0 Å². The van der Waals surface area contributed by atoms with Crippen LogP contribution in [0.3, 0.4) is 0 Å². The summed E-state index contributed by atoms with van der Waals surface area (Å²) in [5, 5.41) is 9.19. The molecule has 1 N–H and O–H groups in total. The number of nitrogens with zero attached hydrogens (tertiary/aromatic N) is 1. The maximum atomic E-state index is 12.3. The number of hydrogen-bond donors (Lipinski definition) is 1. The summed E-state index contributed by atoms with van der Waals surface area (Å²) in [6, 6.07) is 7.01. The fraction of sp³-hybridized carbons (Fsp3) is 0.500. The molecule has 18 heavy (non-hydrogen) atoms. The van der Waals surface area contributed by atoms with Gasteiger partial charge in [0.1, 0.15) is 0 Å². The molecule has 6 heteroatoms. The Morgan fingerprint density at radius 1 is 1.33 bits per heavy atom. The van der Waals surface area contributed by atoms with Gasteiger partial charge < -0.3 is 5.11 Å². The summed E-state index contributed by atoms with van der Waals surface area (Å²) in [7, 11) is -3.33. The van der Waals surface area contributed by atoms with Gasteiger partial charge in [-0.05, 0) is 30.5 Å².